The molecule has 3 heteroatoms. The highest BCUT2D eigenvalue weighted by Gasteiger charge is 2.12. The third kappa shape index (κ3) is 1.44. The molecule has 0 fully saturated rings. The molecule has 2 heterocycles. The number of fused-ring (bicyclic) bond motifs is 1. The fraction of sp³-hybridized carbons (Fsp3) is 0.333. The SMILES string of the molecule is CCc1nc(C)c2c(C(C)=O)cccn12. The third-order valence-corrected chi connectivity index (χ3v) is 2.61. The van der Waals surface area contributed by atoms with Gasteiger partial charge in [0.15, 0.2) is 5.78 Å². The lowest BCUT2D eigenvalue weighted by molar-refractivity contribution is 0.101. The lowest BCUT2D eigenvalue weighted by atomic mass is 10.1. The number of hydrogen-bond donors (Lipinski definition) is 0. The first-order valence-electron chi connectivity index (χ1n) is 5.12. The molecule has 0 aliphatic heterocycles. The van der Waals surface area contributed by atoms with Crippen LogP contribution in [0.4, 0.5) is 0 Å². The number of rotatable bonds is 2. The average Bonchev–Trinajstić information content (AvgIpc) is 2.55. The molecule has 3 nitrogen and oxygen atoms in total. The van der Waals surface area contributed by atoms with Gasteiger partial charge in [0.05, 0.1) is 11.2 Å². The maximum atomic E-state index is 11.5. The smallest absolute Gasteiger partial charge is 0.161 e. The number of nitrogens with zero attached hydrogens (tertiary/aromatic N) is 2. The van der Waals surface area contributed by atoms with Crippen molar-refractivity contribution in [1.29, 1.82) is 0 Å². The molecule has 0 atom stereocenters. The van der Waals surface area contributed by atoms with E-state index >= 15 is 0 Å². The van der Waals surface area contributed by atoms with Crippen LogP contribution in [0.3, 0.4) is 0 Å². The van der Waals surface area contributed by atoms with Gasteiger partial charge in [-0.05, 0) is 26.0 Å². The molecule has 0 aromatic carbocycles. The van der Waals surface area contributed by atoms with Crippen molar-refractivity contribution in [3.63, 3.8) is 0 Å². The van der Waals surface area contributed by atoms with Crippen LogP contribution >= 0.6 is 0 Å². The quantitative estimate of drug-likeness (QED) is 0.701. The molecule has 15 heavy (non-hydrogen) atoms. The molecule has 2 aromatic heterocycles. The standard InChI is InChI=1S/C12H14N2O/c1-4-11-13-8(2)12-10(9(3)15)6-5-7-14(11)12/h5-7H,4H2,1-3H3. The predicted octanol–water partition coefficient (Wildman–Crippen LogP) is 2.41. The van der Waals surface area contributed by atoms with E-state index in [4.69, 9.17) is 0 Å². The van der Waals surface area contributed by atoms with E-state index in [0.29, 0.717) is 0 Å². The molecule has 0 bridgehead atoms. The summed E-state index contributed by atoms with van der Waals surface area (Å²) >= 11 is 0. The van der Waals surface area contributed by atoms with Crippen molar-refractivity contribution in [2.45, 2.75) is 27.2 Å². The fourth-order valence-corrected chi connectivity index (χ4v) is 1.93. The van der Waals surface area contributed by atoms with E-state index < -0.39 is 0 Å². The van der Waals surface area contributed by atoms with Crippen LogP contribution in [-0.4, -0.2) is 15.2 Å². The summed E-state index contributed by atoms with van der Waals surface area (Å²) in [5.74, 6) is 1.09. The number of aromatic nitrogens is 2. The second kappa shape index (κ2) is 3.50. The Labute approximate surface area is 88.8 Å². The van der Waals surface area contributed by atoms with Crippen molar-refractivity contribution in [2.75, 3.05) is 0 Å². The molecule has 0 radical (unpaired) electrons. The Kier molecular flexibility index (Phi) is 2.31. The summed E-state index contributed by atoms with van der Waals surface area (Å²) in [5, 5.41) is 0. The lowest BCUT2D eigenvalue weighted by Gasteiger charge is -2.02. The molecule has 0 aliphatic carbocycles. The zero-order valence-corrected chi connectivity index (χ0v) is 9.24. The van der Waals surface area contributed by atoms with Crippen molar-refractivity contribution >= 4 is 11.3 Å². The van der Waals surface area contributed by atoms with Gasteiger partial charge in [-0.25, -0.2) is 4.98 Å². The second-order valence-corrected chi connectivity index (χ2v) is 3.66. The Morgan fingerprint density at radius 3 is 2.87 bits per heavy atom. The highest BCUT2D eigenvalue weighted by Crippen LogP contribution is 2.18. The maximum Gasteiger partial charge on any atom is 0.161 e. The number of pyridine rings is 1. The third-order valence-electron chi connectivity index (χ3n) is 2.61. The van der Waals surface area contributed by atoms with Gasteiger partial charge in [-0.15, -0.1) is 0 Å². The number of carbonyl (C=O) groups is 1. The van der Waals surface area contributed by atoms with Crippen molar-refractivity contribution in [3.05, 3.63) is 35.4 Å². The molecule has 0 aliphatic rings. The minimum atomic E-state index is 0.0891. The van der Waals surface area contributed by atoms with Crippen molar-refractivity contribution < 1.29 is 4.79 Å². The summed E-state index contributed by atoms with van der Waals surface area (Å²) in [4.78, 5) is 15.9. The lowest BCUT2D eigenvalue weighted by Crippen LogP contribution is -1.98. The van der Waals surface area contributed by atoms with Gasteiger partial charge < -0.3 is 4.40 Å². The van der Waals surface area contributed by atoms with Crippen LogP contribution in [-0.2, 0) is 6.42 Å². The van der Waals surface area contributed by atoms with E-state index in [1.54, 1.807) is 6.92 Å². The normalized spacial score (nSPS) is 10.9. The van der Waals surface area contributed by atoms with Gasteiger partial charge >= 0.3 is 0 Å². The van der Waals surface area contributed by atoms with Gasteiger partial charge in [-0.2, -0.15) is 0 Å². The molecule has 0 unspecified atom stereocenters. The second-order valence-electron chi connectivity index (χ2n) is 3.66. The van der Waals surface area contributed by atoms with E-state index in [-0.39, 0.29) is 5.78 Å². The minimum Gasteiger partial charge on any atom is -0.303 e. The summed E-state index contributed by atoms with van der Waals surface area (Å²) in [7, 11) is 0. The average molecular weight is 202 g/mol. The number of imidazole rings is 1. The molecule has 2 aromatic rings. The number of Topliss-reactive ketones (excluding diaryl/α,β-unsaturated/α-hetero) is 1. The van der Waals surface area contributed by atoms with Crippen LogP contribution in [0.1, 0.15) is 35.7 Å². The van der Waals surface area contributed by atoms with Gasteiger partial charge in [-0.3, -0.25) is 4.79 Å². The summed E-state index contributed by atoms with van der Waals surface area (Å²) in [6.45, 7) is 5.60. The highest BCUT2D eigenvalue weighted by atomic mass is 16.1. The Bertz CT molecular complexity index is 526. The van der Waals surface area contributed by atoms with E-state index in [1.165, 1.54) is 0 Å². The van der Waals surface area contributed by atoms with E-state index in [0.717, 1.165) is 29.0 Å². The Hall–Kier alpha value is -1.64. The van der Waals surface area contributed by atoms with Gasteiger partial charge in [0.2, 0.25) is 0 Å². The predicted molar refractivity (Wildman–Crippen MR) is 59.3 cm³/mol. The minimum absolute atomic E-state index is 0.0891. The molecular formula is C12H14N2O. The van der Waals surface area contributed by atoms with Crippen molar-refractivity contribution in [2.24, 2.45) is 0 Å². The molecular weight excluding hydrogens is 188 g/mol. The molecule has 0 saturated carbocycles. The van der Waals surface area contributed by atoms with Crippen LogP contribution < -0.4 is 0 Å². The maximum absolute atomic E-state index is 11.5. The topological polar surface area (TPSA) is 34.4 Å². The molecule has 0 amide bonds. The van der Waals surface area contributed by atoms with Gasteiger partial charge in [0.1, 0.15) is 5.82 Å². The zero-order valence-electron chi connectivity index (χ0n) is 9.24. The Morgan fingerprint density at radius 2 is 2.27 bits per heavy atom. The summed E-state index contributed by atoms with van der Waals surface area (Å²) in [6.07, 6.45) is 2.83. The van der Waals surface area contributed by atoms with Crippen LogP contribution in [0, 0.1) is 6.92 Å². The van der Waals surface area contributed by atoms with E-state index in [9.17, 15) is 4.79 Å². The first-order chi connectivity index (χ1) is 7.15. The first-order valence-corrected chi connectivity index (χ1v) is 5.12. The van der Waals surface area contributed by atoms with Crippen LogP contribution in [0.2, 0.25) is 0 Å². The molecule has 0 spiro atoms. The van der Waals surface area contributed by atoms with Crippen LogP contribution in [0.15, 0.2) is 18.3 Å². The first kappa shape index (κ1) is 9.90. The van der Waals surface area contributed by atoms with Crippen molar-refractivity contribution in [1.82, 2.24) is 9.38 Å². The molecule has 2 rings (SSSR count). The number of hydrogen-bond acceptors (Lipinski definition) is 2. The van der Waals surface area contributed by atoms with Crippen LogP contribution in [0.5, 0.6) is 0 Å². The largest absolute Gasteiger partial charge is 0.303 e. The molecule has 0 saturated heterocycles. The highest BCUT2D eigenvalue weighted by molar-refractivity contribution is 6.01. The fourth-order valence-electron chi connectivity index (χ4n) is 1.93. The van der Waals surface area contributed by atoms with E-state index in [2.05, 4.69) is 11.9 Å². The Balaban J connectivity index is 2.86. The van der Waals surface area contributed by atoms with Gasteiger partial charge in [0.25, 0.3) is 0 Å². The zero-order chi connectivity index (χ0) is 11.0. The van der Waals surface area contributed by atoms with Gasteiger partial charge in [-0.1, -0.05) is 6.92 Å². The van der Waals surface area contributed by atoms with Crippen LogP contribution in [0.25, 0.3) is 5.52 Å². The van der Waals surface area contributed by atoms with E-state index in [1.807, 2.05) is 29.7 Å². The van der Waals surface area contributed by atoms with Crippen molar-refractivity contribution in [3.8, 4) is 0 Å². The summed E-state index contributed by atoms with van der Waals surface area (Å²) in [6, 6.07) is 3.75. The Morgan fingerprint density at radius 1 is 1.53 bits per heavy atom. The molecule has 78 valence electrons. The van der Waals surface area contributed by atoms with Gasteiger partial charge in [0, 0.05) is 18.2 Å². The number of aryl methyl sites for hydroxylation is 2. The number of ketones is 1. The summed E-state index contributed by atoms with van der Waals surface area (Å²) < 4.78 is 2.01. The molecule has 0 N–H and O–H groups in total. The number of carbonyl (C=O) groups excluding carboxylic acids is 1. The monoisotopic (exact) mass is 202 g/mol. The summed E-state index contributed by atoms with van der Waals surface area (Å²) in [5.41, 5.74) is 2.63.